The van der Waals surface area contributed by atoms with E-state index in [1.807, 2.05) is 0 Å². The third-order valence-electron chi connectivity index (χ3n) is 9.11. The Hall–Kier alpha value is -3.96. The molecule has 0 bridgehead atoms. The van der Waals surface area contributed by atoms with Crippen molar-refractivity contribution < 1.29 is 67.4 Å². The summed E-state index contributed by atoms with van der Waals surface area (Å²) < 4.78 is 149. The lowest BCUT2D eigenvalue weighted by Crippen LogP contribution is -2.54. The monoisotopic (exact) mass is 784 g/mol. The quantitative estimate of drug-likeness (QED) is 0.164. The van der Waals surface area contributed by atoms with Gasteiger partial charge in [0.15, 0.2) is 9.84 Å². The van der Waals surface area contributed by atoms with Gasteiger partial charge in [-0.05, 0) is 103 Å². The van der Waals surface area contributed by atoms with Crippen molar-refractivity contribution in [2.75, 3.05) is 0 Å². The summed E-state index contributed by atoms with van der Waals surface area (Å²) in [5.41, 5.74) is -10.0. The molecular weight excluding hydrogens is 744 g/mol. The second kappa shape index (κ2) is 14.0. The fraction of sp³-hybridized carbons (Fsp3) is 0.571. The first-order valence-electron chi connectivity index (χ1n) is 16.5. The number of hydrogen-bond acceptors (Lipinski definition) is 7. The van der Waals surface area contributed by atoms with Crippen molar-refractivity contribution in [3.05, 3.63) is 65.0 Å². The molecule has 1 saturated carbocycles. The molecule has 2 aliphatic rings. The summed E-state index contributed by atoms with van der Waals surface area (Å²) in [6, 6.07) is 2.31. The fourth-order valence-electron chi connectivity index (χ4n) is 7.04. The molecule has 0 saturated heterocycles. The van der Waals surface area contributed by atoms with Gasteiger partial charge >= 0.3 is 30.1 Å². The van der Waals surface area contributed by atoms with Gasteiger partial charge in [-0.15, -0.1) is 0 Å². The van der Waals surface area contributed by atoms with Gasteiger partial charge in [-0.2, -0.15) is 26.3 Å². The Morgan fingerprint density at radius 3 is 1.94 bits per heavy atom. The van der Waals surface area contributed by atoms with Crippen LogP contribution in [0.25, 0.3) is 0 Å². The zero-order chi connectivity index (χ0) is 40.2. The van der Waals surface area contributed by atoms with E-state index in [2.05, 4.69) is 10.6 Å². The molecule has 0 aliphatic heterocycles. The number of benzene rings is 2. The first kappa shape index (κ1) is 41.8. The first-order chi connectivity index (χ1) is 24.0. The van der Waals surface area contributed by atoms with Crippen LogP contribution in [0.1, 0.15) is 83.9 Å². The summed E-state index contributed by atoms with van der Waals surface area (Å²) in [6.07, 6.45) is -15.6. The maximum absolute atomic E-state index is 15.1. The Kier molecular flexibility index (Phi) is 11.1. The fourth-order valence-corrected chi connectivity index (χ4v) is 9.52. The van der Waals surface area contributed by atoms with Crippen molar-refractivity contribution in [3.63, 3.8) is 0 Å². The molecule has 0 radical (unpaired) electrons. The molecule has 4 rings (SSSR count). The highest BCUT2D eigenvalue weighted by Gasteiger charge is 2.74. The number of nitrogens with one attached hydrogen (secondary N) is 2. The second-order valence-corrected chi connectivity index (χ2v) is 17.4. The molecule has 2 N–H and O–H groups in total. The van der Waals surface area contributed by atoms with Gasteiger partial charge in [0.2, 0.25) is 5.91 Å². The zero-order valence-corrected chi connectivity index (χ0v) is 30.4. The molecule has 18 heteroatoms. The number of alkyl carbamates (subject to hydrolysis) is 1. The summed E-state index contributed by atoms with van der Waals surface area (Å²) in [5.74, 6) is -3.71. The van der Waals surface area contributed by atoms with Crippen molar-refractivity contribution in [1.82, 2.24) is 10.6 Å². The maximum atomic E-state index is 15.1. The van der Waals surface area contributed by atoms with Crippen LogP contribution >= 0.6 is 0 Å². The first-order valence-corrected chi connectivity index (χ1v) is 18.0. The third-order valence-corrected chi connectivity index (χ3v) is 11.7. The van der Waals surface area contributed by atoms with Gasteiger partial charge in [0.05, 0.1) is 11.3 Å². The largest absolute Gasteiger partial charge is 0.460 e. The van der Waals surface area contributed by atoms with Gasteiger partial charge < -0.3 is 20.1 Å². The molecule has 0 spiro atoms. The summed E-state index contributed by atoms with van der Waals surface area (Å²) in [4.78, 5) is 38.8. The van der Waals surface area contributed by atoms with Crippen molar-refractivity contribution in [3.8, 4) is 0 Å². The van der Waals surface area contributed by atoms with Gasteiger partial charge in [0.1, 0.15) is 27.8 Å². The average molecular weight is 785 g/mol. The number of fused-ring (bicyclic) bond motifs is 3. The third kappa shape index (κ3) is 8.26. The van der Waals surface area contributed by atoms with E-state index in [0.29, 0.717) is 6.07 Å². The minimum atomic E-state index is -6.42. The molecule has 0 heterocycles. The van der Waals surface area contributed by atoms with Gasteiger partial charge in [-0.1, -0.05) is 18.2 Å². The summed E-state index contributed by atoms with van der Waals surface area (Å²) in [5, 5.41) is 5.00. The molecule has 9 nitrogen and oxygen atoms in total. The standard InChI is InChI=1S/C35H40F8N2O7S/c1-30(2,3)51-27(46)18-26(45-29(48)52-31(4,5)6)28(47)44-25-15-16-32(53(49,50)22-11-9-21(36)10-12-22)23-14-8-20(17-19(23)7-13-24(25)32)33(37,34(38,39)40)35(41,42)43/h8-12,14,17,24-26H,7,13,15-16,18H2,1-6H3,(H,44,47)(H,45,48)/t24-,25+,26+,32+/m0/s1. The Morgan fingerprint density at radius 1 is 0.849 bits per heavy atom. The van der Waals surface area contributed by atoms with Crippen LogP contribution in [-0.2, 0) is 45.7 Å². The Labute approximate surface area is 301 Å². The van der Waals surface area contributed by atoms with E-state index in [-0.39, 0.29) is 42.9 Å². The lowest BCUT2D eigenvalue weighted by atomic mass is 9.74. The molecule has 2 aliphatic carbocycles. The van der Waals surface area contributed by atoms with Crippen LogP contribution in [-0.4, -0.2) is 62.0 Å². The van der Waals surface area contributed by atoms with Crippen molar-refractivity contribution in [1.29, 1.82) is 0 Å². The van der Waals surface area contributed by atoms with Crippen LogP contribution in [0, 0.1) is 11.7 Å². The average Bonchev–Trinajstić information content (AvgIpc) is 3.37. The van der Waals surface area contributed by atoms with E-state index in [1.165, 1.54) is 0 Å². The van der Waals surface area contributed by atoms with E-state index >= 15 is 4.39 Å². The molecule has 4 atom stereocenters. The maximum Gasteiger partial charge on any atom is 0.435 e. The molecule has 0 unspecified atom stereocenters. The number of ether oxygens (including phenoxy) is 2. The molecule has 2 amide bonds. The van der Waals surface area contributed by atoms with Crippen LogP contribution < -0.4 is 10.6 Å². The van der Waals surface area contributed by atoms with E-state index in [0.717, 1.165) is 30.3 Å². The highest BCUT2D eigenvalue weighted by Crippen LogP contribution is 2.59. The summed E-state index contributed by atoms with van der Waals surface area (Å²) >= 11 is 0. The number of alkyl halides is 7. The molecule has 1 fully saturated rings. The lowest BCUT2D eigenvalue weighted by molar-refractivity contribution is -0.348. The molecule has 2 aromatic rings. The molecule has 294 valence electrons. The minimum absolute atomic E-state index is 0.109. The van der Waals surface area contributed by atoms with E-state index in [4.69, 9.17) is 9.47 Å². The van der Waals surface area contributed by atoms with Crippen LogP contribution in [0.3, 0.4) is 0 Å². The second-order valence-electron chi connectivity index (χ2n) is 15.2. The van der Waals surface area contributed by atoms with Crippen LogP contribution in [0.2, 0.25) is 0 Å². The Balaban J connectivity index is 1.80. The number of amides is 2. The van der Waals surface area contributed by atoms with E-state index in [9.17, 15) is 53.5 Å². The number of carbonyl (C=O) groups is 3. The van der Waals surface area contributed by atoms with Gasteiger partial charge in [0, 0.05) is 17.5 Å². The highest BCUT2D eigenvalue weighted by atomic mass is 32.2. The molecule has 53 heavy (non-hydrogen) atoms. The highest BCUT2D eigenvalue weighted by molar-refractivity contribution is 7.92. The van der Waals surface area contributed by atoms with Gasteiger partial charge in [-0.25, -0.2) is 22.0 Å². The van der Waals surface area contributed by atoms with Crippen molar-refractivity contribution >= 4 is 27.8 Å². The normalized spacial score (nSPS) is 21.5. The van der Waals surface area contributed by atoms with Crippen LogP contribution in [0.4, 0.5) is 39.9 Å². The Morgan fingerprint density at radius 2 is 1.42 bits per heavy atom. The number of halogens is 8. The van der Waals surface area contributed by atoms with Crippen LogP contribution in [0.5, 0.6) is 0 Å². The predicted molar refractivity (Wildman–Crippen MR) is 173 cm³/mol. The minimum Gasteiger partial charge on any atom is -0.460 e. The number of rotatable bonds is 8. The summed E-state index contributed by atoms with van der Waals surface area (Å²) in [6.45, 7) is 9.39. The van der Waals surface area contributed by atoms with E-state index < -0.39 is 102 Å². The van der Waals surface area contributed by atoms with Crippen LogP contribution in [0.15, 0.2) is 47.4 Å². The Bertz CT molecular complexity index is 1790. The number of carbonyl (C=O) groups excluding carboxylic acids is 3. The number of sulfone groups is 1. The molecule has 2 aromatic carbocycles. The van der Waals surface area contributed by atoms with Gasteiger partial charge in [-0.3, -0.25) is 9.59 Å². The van der Waals surface area contributed by atoms with Crippen molar-refractivity contribution in [2.24, 2.45) is 5.92 Å². The predicted octanol–water partition coefficient (Wildman–Crippen LogP) is 7.25. The number of hydrogen-bond donors (Lipinski definition) is 2. The summed E-state index contributed by atoms with van der Waals surface area (Å²) in [7, 11) is -4.68. The SMILES string of the molecule is CC(C)(C)OC(=O)C[C@@H](NC(=O)OC(C)(C)C)C(=O)N[C@@H]1CC[C@@]2(S(=O)(=O)c3ccc(F)cc3)c3ccc(C(F)(C(F)(F)F)C(F)(F)F)cc3CC[C@@H]12. The smallest absolute Gasteiger partial charge is 0.435 e. The van der Waals surface area contributed by atoms with Crippen molar-refractivity contribution in [2.45, 2.75) is 125 Å². The topological polar surface area (TPSA) is 128 Å². The molecule has 0 aromatic heterocycles. The number of aryl methyl sites for hydroxylation is 1. The van der Waals surface area contributed by atoms with Gasteiger partial charge in [0.25, 0.3) is 0 Å². The zero-order valence-electron chi connectivity index (χ0n) is 29.6. The molecular formula is C35H40F8N2O7S. The van der Waals surface area contributed by atoms with E-state index in [1.54, 1.807) is 41.5 Å². The number of esters is 1. The lowest BCUT2D eigenvalue weighted by Gasteiger charge is -2.43.